The second kappa shape index (κ2) is 8.17. The van der Waals surface area contributed by atoms with Crippen LogP contribution < -0.4 is 5.73 Å². The monoisotopic (exact) mass is 376 g/mol. The van der Waals surface area contributed by atoms with Gasteiger partial charge in [-0.05, 0) is 36.5 Å². The van der Waals surface area contributed by atoms with Crippen molar-refractivity contribution in [1.82, 2.24) is 4.98 Å². The summed E-state index contributed by atoms with van der Waals surface area (Å²) in [7, 11) is 2.56. The van der Waals surface area contributed by atoms with Gasteiger partial charge in [-0.2, -0.15) is 0 Å². The minimum atomic E-state index is -0.597. The van der Waals surface area contributed by atoms with E-state index in [-0.39, 0.29) is 21.8 Å². The molecule has 0 bridgehead atoms. The molecule has 0 atom stereocenters. The Labute approximate surface area is 153 Å². The van der Waals surface area contributed by atoms with E-state index >= 15 is 0 Å². The summed E-state index contributed by atoms with van der Waals surface area (Å²) in [6.45, 7) is 0. The summed E-state index contributed by atoms with van der Waals surface area (Å²) in [5.41, 5.74) is 7.10. The Bertz CT molecular complexity index is 1010. The predicted octanol–water partition coefficient (Wildman–Crippen LogP) is 3.04. The Morgan fingerprint density at radius 1 is 1.08 bits per heavy atom. The van der Waals surface area contributed by atoms with Gasteiger partial charge in [-0.25, -0.2) is 9.59 Å². The summed E-state index contributed by atoms with van der Waals surface area (Å²) < 4.78 is 14.2. The molecule has 0 aliphatic carbocycles. The first-order valence-corrected chi connectivity index (χ1v) is 7.65. The van der Waals surface area contributed by atoms with Crippen molar-refractivity contribution in [3.05, 3.63) is 52.4 Å². The average Bonchev–Trinajstić information content (AvgIpc) is 3.03. The zero-order valence-corrected chi connectivity index (χ0v) is 14.8. The van der Waals surface area contributed by atoms with Gasteiger partial charge < -0.3 is 29.7 Å². The first kappa shape index (κ1) is 19.0. The van der Waals surface area contributed by atoms with Crippen LogP contribution >= 0.6 is 12.2 Å². The van der Waals surface area contributed by atoms with Crippen molar-refractivity contribution in [2.75, 3.05) is 20.0 Å². The number of phenolic OH excluding ortho intramolecular Hbond substituents is 1. The summed E-state index contributed by atoms with van der Waals surface area (Å²) in [4.78, 5) is 25.3. The minimum absolute atomic E-state index is 0.0810. The number of hydrogen-bond acceptors (Lipinski definition) is 8. The van der Waals surface area contributed by atoms with Crippen LogP contribution in [0.1, 0.15) is 20.7 Å². The van der Waals surface area contributed by atoms with Gasteiger partial charge in [0.2, 0.25) is 0 Å². The molecular weight excluding hydrogens is 360 g/mol. The molecule has 136 valence electrons. The molecule has 0 saturated carbocycles. The number of ether oxygens (including phenoxy) is 2. The van der Waals surface area contributed by atoms with E-state index in [1.807, 2.05) is 0 Å². The highest BCUT2D eigenvalue weighted by Gasteiger charge is 2.13. The number of anilines is 1. The third-order valence-corrected chi connectivity index (χ3v) is 3.51. The van der Waals surface area contributed by atoms with Gasteiger partial charge in [0.25, 0.3) is 4.84 Å². The van der Waals surface area contributed by atoms with E-state index in [0.29, 0.717) is 16.7 Å². The van der Waals surface area contributed by atoms with Crippen LogP contribution in [0.3, 0.4) is 0 Å². The van der Waals surface area contributed by atoms with Gasteiger partial charge in [0.05, 0.1) is 25.4 Å². The molecule has 8 nitrogen and oxygen atoms in total. The number of esters is 2. The number of carbonyl (C=O) groups excluding carboxylic acids is 2. The van der Waals surface area contributed by atoms with Crippen LogP contribution in [0, 0.1) is 4.84 Å². The zero-order valence-electron chi connectivity index (χ0n) is 13.9. The molecule has 1 heterocycles. The number of phenols is 1. The Balaban J connectivity index is 0.000000190. The van der Waals surface area contributed by atoms with Crippen molar-refractivity contribution in [3.8, 4) is 5.75 Å². The van der Waals surface area contributed by atoms with Crippen LogP contribution in [0.25, 0.3) is 11.1 Å². The molecule has 3 rings (SSSR count). The number of rotatable bonds is 2. The Kier molecular flexibility index (Phi) is 5.97. The lowest BCUT2D eigenvalue weighted by Crippen LogP contribution is -2.02. The number of hydrogen-bond donors (Lipinski definition) is 3. The second-order valence-electron chi connectivity index (χ2n) is 4.92. The van der Waals surface area contributed by atoms with Gasteiger partial charge in [0.15, 0.2) is 11.3 Å². The van der Waals surface area contributed by atoms with Gasteiger partial charge in [-0.1, -0.05) is 12.1 Å². The summed E-state index contributed by atoms with van der Waals surface area (Å²) in [6.07, 6.45) is 0. The number of aromatic amines is 1. The number of aromatic nitrogens is 1. The SMILES string of the molecule is COC(=O)c1cccc(N)c1O.COC(=O)c1cccc2[nH]c(=S)oc12. The standard InChI is InChI=1S/C9H7NO3S.C8H9NO3/c1-12-8(11)5-3-2-4-6-7(5)13-9(14)10-6;1-12-8(11)5-3-2-4-6(9)7(5)10/h2-4H,1H3,(H,10,14);2-4,10H,9H2,1H3. The van der Waals surface area contributed by atoms with E-state index in [9.17, 15) is 14.7 Å². The number of oxazole rings is 1. The first-order valence-electron chi connectivity index (χ1n) is 7.25. The maximum atomic E-state index is 11.3. The molecule has 0 saturated heterocycles. The van der Waals surface area contributed by atoms with Crippen molar-refractivity contribution in [2.24, 2.45) is 0 Å². The third kappa shape index (κ3) is 4.01. The Hall–Kier alpha value is -3.33. The molecule has 0 fully saturated rings. The van der Waals surface area contributed by atoms with Crippen LogP contribution in [0.2, 0.25) is 0 Å². The normalized spacial score (nSPS) is 9.92. The van der Waals surface area contributed by atoms with Gasteiger partial charge in [0, 0.05) is 0 Å². The molecule has 0 radical (unpaired) electrons. The molecule has 0 spiro atoms. The van der Waals surface area contributed by atoms with Crippen LogP contribution in [-0.2, 0) is 9.47 Å². The largest absolute Gasteiger partial charge is 0.505 e. The number of nitrogens with two attached hydrogens (primary N) is 1. The number of methoxy groups -OCH3 is 2. The highest BCUT2D eigenvalue weighted by molar-refractivity contribution is 7.71. The lowest BCUT2D eigenvalue weighted by Gasteiger charge is -2.03. The number of carbonyl (C=O) groups is 2. The second-order valence-corrected chi connectivity index (χ2v) is 5.29. The minimum Gasteiger partial charge on any atom is -0.505 e. The molecule has 0 amide bonds. The predicted molar refractivity (Wildman–Crippen MR) is 96.6 cm³/mol. The highest BCUT2D eigenvalue weighted by Crippen LogP contribution is 2.24. The average molecular weight is 376 g/mol. The lowest BCUT2D eigenvalue weighted by molar-refractivity contribution is 0.0590. The third-order valence-electron chi connectivity index (χ3n) is 3.32. The summed E-state index contributed by atoms with van der Waals surface area (Å²) in [5.74, 6) is -1.27. The smallest absolute Gasteiger partial charge is 0.341 e. The van der Waals surface area contributed by atoms with Crippen molar-refractivity contribution in [2.45, 2.75) is 0 Å². The maximum Gasteiger partial charge on any atom is 0.341 e. The molecule has 0 unspecified atom stereocenters. The van der Waals surface area contributed by atoms with E-state index in [4.69, 9.17) is 22.4 Å². The summed E-state index contributed by atoms with van der Waals surface area (Å²) in [5, 5.41) is 9.27. The van der Waals surface area contributed by atoms with Gasteiger partial charge in [-0.15, -0.1) is 0 Å². The fourth-order valence-electron chi connectivity index (χ4n) is 2.08. The van der Waals surface area contributed by atoms with Crippen LogP contribution in [0.4, 0.5) is 5.69 Å². The quantitative estimate of drug-likeness (QED) is 0.269. The molecular formula is C17H16N2O6S. The molecule has 9 heteroatoms. The molecule has 0 aliphatic rings. The van der Waals surface area contributed by atoms with Crippen molar-refractivity contribution >= 4 is 40.9 Å². The number of nitrogens with one attached hydrogen (secondary N) is 1. The van der Waals surface area contributed by atoms with Gasteiger partial charge >= 0.3 is 11.9 Å². The summed E-state index contributed by atoms with van der Waals surface area (Å²) in [6, 6.07) is 9.65. The van der Waals surface area contributed by atoms with Gasteiger partial charge in [0.1, 0.15) is 11.1 Å². The number of H-pyrrole nitrogens is 1. The summed E-state index contributed by atoms with van der Waals surface area (Å²) >= 11 is 4.82. The fourth-order valence-corrected chi connectivity index (χ4v) is 2.27. The van der Waals surface area contributed by atoms with Crippen LogP contribution in [0.5, 0.6) is 5.75 Å². The Morgan fingerprint density at radius 2 is 1.65 bits per heavy atom. The maximum absolute atomic E-state index is 11.3. The topological polar surface area (TPSA) is 128 Å². The highest BCUT2D eigenvalue weighted by atomic mass is 32.1. The van der Waals surface area contributed by atoms with E-state index < -0.39 is 11.9 Å². The van der Waals surface area contributed by atoms with E-state index in [2.05, 4.69) is 14.5 Å². The molecule has 4 N–H and O–H groups in total. The van der Waals surface area contributed by atoms with E-state index in [1.54, 1.807) is 24.3 Å². The Morgan fingerprint density at radius 3 is 2.31 bits per heavy atom. The molecule has 1 aromatic heterocycles. The van der Waals surface area contributed by atoms with E-state index in [1.165, 1.54) is 26.4 Å². The number of fused-ring (bicyclic) bond motifs is 1. The van der Waals surface area contributed by atoms with Crippen molar-refractivity contribution < 1.29 is 28.6 Å². The van der Waals surface area contributed by atoms with Crippen molar-refractivity contribution in [3.63, 3.8) is 0 Å². The number of aromatic hydroxyl groups is 1. The number of para-hydroxylation sites is 2. The van der Waals surface area contributed by atoms with Gasteiger partial charge in [-0.3, -0.25) is 0 Å². The molecule has 26 heavy (non-hydrogen) atoms. The number of nitrogen functional groups attached to an aromatic ring is 1. The molecule has 2 aromatic carbocycles. The first-order chi connectivity index (χ1) is 12.4. The molecule has 3 aromatic rings. The molecule has 0 aliphatic heterocycles. The fraction of sp³-hybridized carbons (Fsp3) is 0.118. The lowest BCUT2D eigenvalue weighted by atomic mass is 10.2. The van der Waals surface area contributed by atoms with Crippen LogP contribution in [0.15, 0.2) is 40.8 Å². The van der Waals surface area contributed by atoms with E-state index in [0.717, 1.165) is 0 Å². The number of benzene rings is 2. The zero-order chi connectivity index (χ0) is 19.3. The van der Waals surface area contributed by atoms with Crippen molar-refractivity contribution in [1.29, 1.82) is 0 Å². The van der Waals surface area contributed by atoms with Crippen LogP contribution in [-0.4, -0.2) is 36.2 Å².